The van der Waals surface area contributed by atoms with Crippen LogP contribution in [0.2, 0.25) is 0 Å². The maximum atomic E-state index is 12.8. The van der Waals surface area contributed by atoms with Crippen LogP contribution in [0.5, 0.6) is 0 Å². The number of alkyl halides is 1. The molecule has 7 unspecified atom stereocenters. The first-order chi connectivity index (χ1) is 13.1. The Kier molecular flexibility index (Phi) is 4.52. The fourth-order valence-corrected chi connectivity index (χ4v) is 8.66. The van der Waals surface area contributed by atoms with E-state index in [1.54, 1.807) is 0 Å². The standard InChI is InChI=1S/C24H34ClNO2/c1-15(2)17-13-23-10-7-18-21(3,8-6-9-22(18,4)20(27)28-5)19(23)11-16(17)12-24(23,25)14-26/h13,15-16,18-19H,6-12H2,1-5H3. The predicted molar refractivity (Wildman–Crippen MR) is 111 cm³/mol. The van der Waals surface area contributed by atoms with Gasteiger partial charge in [0, 0.05) is 5.41 Å². The Morgan fingerprint density at radius 2 is 2.00 bits per heavy atom. The number of halogens is 1. The second-order valence-corrected chi connectivity index (χ2v) is 11.4. The second kappa shape index (κ2) is 6.24. The largest absolute Gasteiger partial charge is 0.469 e. The van der Waals surface area contributed by atoms with Crippen LogP contribution in [0.3, 0.4) is 0 Å². The Balaban J connectivity index is 1.84. The lowest BCUT2D eigenvalue weighted by Gasteiger charge is -2.69. The summed E-state index contributed by atoms with van der Waals surface area (Å²) in [5.41, 5.74) is 0.842. The Morgan fingerprint density at radius 1 is 1.29 bits per heavy atom. The van der Waals surface area contributed by atoms with Gasteiger partial charge in [0.1, 0.15) is 4.87 Å². The smallest absolute Gasteiger partial charge is 0.311 e. The van der Waals surface area contributed by atoms with Gasteiger partial charge in [0.2, 0.25) is 0 Å². The molecule has 0 amide bonds. The van der Waals surface area contributed by atoms with Gasteiger partial charge in [-0.15, -0.1) is 11.6 Å². The quantitative estimate of drug-likeness (QED) is 0.329. The maximum Gasteiger partial charge on any atom is 0.311 e. The van der Waals surface area contributed by atoms with Gasteiger partial charge < -0.3 is 4.74 Å². The van der Waals surface area contributed by atoms with Gasteiger partial charge in [0.15, 0.2) is 0 Å². The number of hydrogen-bond acceptors (Lipinski definition) is 3. The monoisotopic (exact) mass is 403 g/mol. The average molecular weight is 404 g/mol. The number of esters is 1. The number of allylic oxidation sites excluding steroid dienone is 2. The third kappa shape index (κ3) is 2.31. The van der Waals surface area contributed by atoms with E-state index in [-0.39, 0.29) is 16.8 Å². The zero-order valence-electron chi connectivity index (χ0n) is 18.0. The van der Waals surface area contributed by atoms with Crippen LogP contribution >= 0.6 is 11.6 Å². The molecule has 3 nitrogen and oxygen atoms in total. The molecule has 5 aliphatic carbocycles. The van der Waals surface area contributed by atoms with Crippen LogP contribution in [0.25, 0.3) is 0 Å². The summed E-state index contributed by atoms with van der Waals surface area (Å²) in [5.74, 6) is 1.50. The predicted octanol–water partition coefficient (Wildman–Crippen LogP) is 5.88. The van der Waals surface area contributed by atoms with Crippen molar-refractivity contribution in [3.05, 3.63) is 11.6 Å². The molecule has 5 rings (SSSR count). The highest BCUT2D eigenvalue weighted by Crippen LogP contribution is 2.74. The molecule has 0 aromatic heterocycles. The molecule has 3 fully saturated rings. The fourth-order valence-electron chi connectivity index (χ4n) is 8.20. The van der Waals surface area contributed by atoms with Crippen molar-refractivity contribution in [2.75, 3.05) is 7.11 Å². The summed E-state index contributed by atoms with van der Waals surface area (Å²) in [4.78, 5) is 12.0. The van der Waals surface area contributed by atoms with E-state index in [1.165, 1.54) is 12.7 Å². The Bertz CT molecular complexity index is 769. The van der Waals surface area contributed by atoms with Crippen molar-refractivity contribution < 1.29 is 9.53 Å². The van der Waals surface area contributed by atoms with Gasteiger partial charge in [0.25, 0.3) is 0 Å². The lowest BCUT2D eigenvalue weighted by Crippen LogP contribution is -2.66. The first-order valence-electron chi connectivity index (χ1n) is 11.0. The topological polar surface area (TPSA) is 50.1 Å². The lowest BCUT2D eigenvalue weighted by molar-refractivity contribution is -0.186. The molecule has 0 heterocycles. The molecule has 3 saturated carbocycles. The maximum absolute atomic E-state index is 12.8. The van der Waals surface area contributed by atoms with Gasteiger partial charge in [-0.1, -0.05) is 38.8 Å². The molecule has 0 aromatic carbocycles. The molecule has 4 heteroatoms. The van der Waals surface area contributed by atoms with E-state index in [4.69, 9.17) is 16.3 Å². The van der Waals surface area contributed by atoms with Gasteiger partial charge in [-0.05, 0) is 74.5 Å². The van der Waals surface area contributed by atoms with Crippen LogP contribution < -0.4 is 0 Å². The number of fused-ring (bicyclic) bond motifs is 2. The number of carbonyl (C=O) groups excluding carboxylic acids is 1. The minimum atomic E-state index is -0.813. The zero-order valence-corrected chi connectivity index (χ0v) is 18.7. The van der Waals surface area contributed by atoms with E-state index in [2.05, 4.69) is 39.8 Å². The molecule has 0 radical (unpaired) electrons. The molecule has 0 aromatic rings. The Hall–Kier alpha value is -1.01. The zero-order chi connectivity index (χ0) is 20.5. The van der Waals surface area contributed by atoms with Crippen molar-refractivity contribution in [2.45, 2.75) is 77.5 Å². The molecule has 7 atom stereocenters. The van der Waals surface area contributed by atoms with Crippen LogP contribution in [0.15, 0.2) is 11.6 Å². The van der Waals surface area contributed by atoms with Crippen LogP contribution in [0, 0.1) is 51.2 Å². The molecule has 28 heavy (non-hydrogen) atoms. The van der Waals surface area contributed by atoms with Crippen molar-refractivity contribution in [1.29, 1.82) is 5.26 Å². The Morgan fingerprint density at radius 3 is 2.61 bits per heavy atom. The van der Waals surface area contributed by atoms with Crippen molar-refractivity contribution in [1.82, 2.24) is 0 Å². The molecular formula is C24H34ClNO2. The van der Waals surface area contributed by atoms with E-state index in [0.717, 1.165) is 44.9 Å². The van der Waals surface area contributed by atoms with Gasteiger partial charge in [-0.2, -0.15) is 5.26 Å². The number of hydrogen-bond donors (Lipinski definition) is 0. The first kappa shape index (κ1) is 20.3. The van der Waals surface area contributed by atoms with E-state index >= 15 is 0 Å². The summed E-state index contributed by atoms with van der Waals surface area (Å²) in [5, 5.41) is 10.2. The first-order valence-corrected chi connectivity index (χ1v) is 11.4. The highest BCUT2D eigenvalue weighted by Gasteiger charge is 2.71. The summed E-state index contributed by atoms with van der Waals surface area (Å²) in [6.07, 6.45) is 9.25. The summed E-state index contributed by atoms with van der Waals surface area (Å²) in [6, 6.07) is 2.56. The van der Waals surface area contributed by atoms with Crippen LogP contribution in [0.1, 0.15) is 72.6 Å². The van der Waals surface area contributed by atoms with Crippen molar-refractivity contribution in [2.24, 2.45) is 39.9 Å². The van der Waals surface area contributed by atoms with Crippen LogP contribution in [-0.4, -0.2) is 18.0 Å². The molecule has 0 aliphatic heterocycles. The highest BCUT2D eigenvalue weighted by molar-refractivity contribution is 6.27. The average Bonchev–Trinajstić information content (AvgIpc) is 2.66. The molecule has 0 saturated heterocycles. The lowest BCUT2D eigenvalue weighted by atomic mass is 9.36. The third-order valence-corrected chi connectivity index (χ3v) is 10.0. The molecule has 5 aliphatic rings. The molecule has 0 N–H and O–H groups in total. The van der Waals surface area contributed by atoms with Gasteiger partial charge in [-0.3, -0.25) is 4.79 Å². The summed E-state index contributed by atoms with van der Waals surface area (Å²) < 4.78 is 5.26. The molecular weight excluding hydrogens is 370 g/mol. The molecule has 154 valence electrons. The van der Waals surface area contributed by atoms with Gasteiger partial charge >= 0.3 is 5.97 Å². The number of rotatable bonds is 2. The SMILES string of the molecule is COC(=O)C1(C)CCCC2(C)C1CCC13C=C(C(C)C)C(CC21)CC3(Cl)C#N. The third-order valence-electron chi connectivity index (χ3n) is 9.42. The minimum Gasteiger partial charge on any atom is -0.469 e. The van der Waals surface area contributed by atoms with Crippen molar-refractivity contribution in [3.63, 3.8) is 0 Å². The highest BCUT2D eigenvalue weighted by atomic mass is 35.5. The number of nitrogens with zero attached hydrogens (tertiary/aromatic N) is 1. The van der Waals surface area contributed by atoms with E-state index in [1.807, 2.05) is 0 Å². The van der Waals surface area contributed by atoms with Crippen molar-refractivity contribution in [3.8, 4) is 6.07 Å². The fraction of sp³-hybridized carbons (Fsp3) is 0.833. The Labute approximate surface area is 174 Å². The van der Waals surface area contributed by atoms with E-state index in [0.29, 0.717) is 23.7 Å². The van der Waals surface area contributed by atoms with E-state index < -0.39 is 10.3 Å². The summed E-state index contributed by atoms with van der Waals surface area (Å²) in [6.45, 7) is 9.04. The van der Waals surface area contributed by atoms with Crippen LogP contribution in [0.4, 0.5) is 0 Å². The van der Waals surface area contributed by atoms with Crippen molar-refractivity contribution >= 4 is 17.6 Å². The number of nitriles is 1. The van der Waals surface area contributed by atoms with Gasteiger partial charge in [0.05, 0.1) is 18.6 Å². The van der Waals surface area contributed by atoms with Gasteiger partial charge in [-0.25, -0.2) is 0 Å². The molecule has 1 spiro atoms. The summed E-state index contributed by atoms with van der Waals surface area (Å²) >= 11 is 7.15. The number of ether oxygens (including phenoxy) is 1. The number of methoxy groups -OCH3 is 1. The summed E-state index contributed by atoms with van der Waals surface area (Å²) in [7, 11) is 1.52. The second-order valence-electron chi connectivity index (χ2n) is 10.8. The van der Waals surface area contributed by atoms with Crippen LogP contribution in [-0.2, 0) is 9.53 Å². The minimum absolute atomic E-state index is 0.0219. The van der Waals surface area contributed by atoms with E-state index in [9.17, 15) is 10.1 Å². The molecule has 2 bridgehead atoms. The number of carbonyl (C=O) groups is 1. The normalized spacial score (nSPS) is 49.6.